The number of benzene rings is 2. The Morgan fingerprint density at radius 3 is 2.36 bits per heavy atom. The molecule has 0 saturated carbocycles. The van der Waals surface area contributed by atoms with Crippen LogP contribution in [0.5, 0.6) is 11.5 Å². The number of para-hydroxylation sites is 1. The Morgan fingerprint density at radius 2 is 1.73 bits per heavy atom. The fourth-order valence-corrected chi connectivity index (χ4v) is 2.22. The van der Waals surface area contributed by atoms with Crippen LogP contribution >= 0.6 is 0 Å². The van der Waals surface area contributed by atoms with E-state index in [0.717, 1.165) is 29.2 Å². The lowest BCUT2D eigenvalue weighted by Crippen LogP contribution is -2.02. The molecule has 0 aliphatic heterocycles. The summed E-state index contributed by atoms with van der Waals surface area (Å²) in [6, 6.07) is 17.1. The molecule has 0 N–H and O–H groups in total. The number of carbonyl (C=O) groups is 1. The minimum absolute atomic E-state index is 0.382. The van der Waals surface area contributed by atoms with E-state index in [1.165, 1.54) is 0 Å². The molecular formula is C17H15N3O2. The van der Waals surface area contributed by atoms with Crippen molar-refractivity contribution in [3.8, 4) is 17.2 Å². The molecule has 3 rings (SSSR count). The summed E-state index contributed by atoms with van der Waals surface area (Å²) < 4.78 is 7.43. The summed E-state index contributed by atoms with van der Waals surface area (Å²) in [5, 5.41) is 7.92. The topological polar surface area (TPSA) is 57.0 Å². The first-order valence-electron chi connectivity index (χ1n) is 7.05. The van der Waals surface area contributed by atoms with Gasteiger partial charge < -0.3 is 4.74 Å². The molecular weight excluding hydrogens is 278 g/mol. The molecule has 1 aromatic heterocycles. The molecule has 5 heteroatoms. The van der Waals surface area contributed by atoms with Gasteiger partial charge >= 0.3 is 0 Å². The quantitative estimate of drug-likeness (QED) is 0.676. The van der Waals surface area contributed by atoms with Gasteiger partial charge in [-0.2, -0.15) is 0 Å². The van der Waals surface area contributed by atoms with Crippen molar-refractivity contribution in [1.29, 1.82) is 0 Å². The molecule has 3 aromatic rings. The second kappa shape index (κ2) is 6.22. The lowest BCUT2D eigenvalue weighted by molar-refractivity contribution is 0.111. The van der Waals surface area contributed by atoms with Crippen LogP contribution in [0.1, 0.15) is 23.1 Å². The van der Waals surface area contributed by atoms with Crippen LogP contribution in [0.4, 0.5) is 0 Å². The summed E-state index contributed by atoms with van der Waals surface area (Å²) in [6.07, 6.45) is 1.42. The summed E-state index contributed by atoms with van der Waals surface area (Å²) >= 11 is 0. The molecule has 0 bridgehead atoms. The largest absolute Gasteiger partial charge is 0.457 e. The number of ether oxygens (including phenoxy) is 1. The lowest BCUT2D eigenvalue weighted by atomic mass is 10.2. The highest BCUT2D eigenvalue weighted by Crippen LogP contribution is 2.22. The van der Waals surface area contributed by atoms with Crippen molar-refractivity contribution >= 4 is 6.29 Å². The van der Waals surface area contributed by atoms with Crippen LogP contribution in [-0.2, 0) is 6.42 Å². The summed E-state index contributed by atoms with van der Waals surface area (Å²) in [7, 11) is 0. The molecule has 5 nitrogen and oxygen atoms in total. The van der Waals surface area contributed by atoms with E-state index in [0.29, 0.717) is 12.1 Å². The van der Waals surface area contributed by atoms with Gasteiger partial charge in [0.1, 0.15) is 17.2 Å². The predicted octanol–water partition coefficient (Wildman–Crippen LogP) is 3.43. The maximum Gasteiger partial charge on any atom is 0.172 e. The highest BCUT2D eigenvalue weighted by atomic mass is 16.5. The van der Waals surface area contributed by atoms with Gasteiger partial charge in [0.15, 0.2) is 6.29 Å². The minimum Gasteiger partial charge on any atom is -0.457 e. The summed E-state index contributed by atoms with van der Waals surface area (Å²) in [4.78, 5) is 11.0. The maximum atomic E-state index is 11.0. The molecule has 0 fully saturated rings. The summed E-state index contributed by atoms with van der Waals surface area (Å²) in [5.41, 5.74) is 2.02. The predicted molar refractivity (Wildman–Crippen MR) is 82.6 cm³/mol. The van der Waals surface area contributed by atoms with E-state index >= 15 is 0 Å². The molecule has 110 valence electrons. The number of hydrogen-bond acceptors (Lipinski definition) is 4. The molecule has 0 spiro atoms. The number of aldehydes is 1. The van der Waals surface area contributed by atoms with Crippen molar-refractivity contribution in [1.82, 2.24) is 15.0 Å². The van der Waals surface area contributed by atoms with Gasteiger partial charge in [-0.25, -0.2) is 4.68 Å². The monoisotopic (exact) mass is 293 g/mol. The van der Waals surface area contributed by atoms with Crippen molar-refractivity contribution in [2.24, 2.45) is 0 Å². The molecule has 0 saturated heterocycles. The fourth-order valence-electron chi connectivity index (χ4n) is 2.22. The zero-order valence-electron chi connectivity index (χ0n) is 12.1. The second-order valence-corrected chi connectivity index (χ2v) is 4.71. The van der Waals surface area contributed by atoms with Crippen molar-refractivity contribution in [2.75, 3.05) is 0 Å². The van der Waals surface area contributed by atoms with Crippen molar-refractivity contribution in [3.63, 3.8) is 0 Å². The summed E-state index contributed by atoms with van der Waals surface area (Å²) in [5.74, 6) is 1.53. The van der Waals surface area contributed by atoms with Crippen LogP contribution in [0.15, 0.2) is 54.6 Å². The van der Waals surface area contributed by atoms with Crippen LogP contribution < -0.4 is 4.74 Å². The highest BCUT2D eigenvalue weighted by Gasteiger charge is 2.11. The molecule has 0 atom stereocenters. The van der Waals surface area contributed by atoms with E-state index in [2.05, 4.69) is 10.3 Å². The molecule has 0 radical (unpaired) electrons. The van der Waals surface area contributed by atoms with Crippen LogP contribution in [0.3, 0.4) is 0 Å². The Kier molecular flexibility index (Phi) is 3.96. The Balaban J connectivity index is 1.85. The van der Waals surface area contributed by atoms with Crippen molar-refractivity contribution in [3.05, 3.63) is 66.0 Å². The van der Waals surface area contributed by atoms with Gasteiger partial charge in [-0.3, -0.25) is 4.79 Å². The Morgan fingerprint density at radius 1 is 1.05 bits per heavy atom. The average Bonchev–Trinajstić information content (AvgIpc) is 2.99. The van der Waals surface area contributed by atoms with Crippen molar-refractivity contribution < 1.29 is 9.53 Å². The van der Waals surface area contributed by atoms with Crippen LogP contribution in [0.25, 0.3) is 5.69 Å². The Hall–Kier alpha value is -2.95. The number of nitrogens with zero attached hydrogens (tertiary/aromatic N) is 3. The van der Waals surface area contributed by atoms with E-state index < -0.39 is 0 Å². The van der Waals surface area contributed by atoms with E-state index in [-0.39, 0.29) is 0 Å². The van der Waals surface area contributed by atoms with Gasteiger partial charge in [-0.05, 0) is 42.8 Å². The molecule has 22 heavy (non-hydrogen) atoms. The smallest absolute Gasteiger partial charge is 0.172 e. The third kappa shape index (κ3) is 2.74. The minimum atomic E-state index is 0.382. The molecule has 0 amide bonds. The maximum absolute atomic E-state index is 11.0. The van der Waals surface area contributed by atoms with Gasteiger partial charge in [0, 0.05) is 0 Å². The van der Waals surface area contributed by atoms with E-state index in [1.54, 1.807) is 4.68 Å². The lowest BCUT2D eigenvalue weighted by Gasteiger charge is -2.08. The third-order valence-electron chi connectivity index (χ3n) is 3.30. The van der Waals surface area contributed by atoms with Crippen LogP contribution in [-0.4, -0.2) is 21.3 Å². The summed E-state index contributed by atoms with van der Waals surface area (Å²) in [6.45, 7) is 1.97. The zero-order chi connectivity index (χ0) is 15.4. The van der Waals surface area contributed by atoms with E-state index in [1.807, 2.05) is 61.5 Å². The normalized spacial score (nSPS) is 10.4. The number of aromatic nitrogens is 3. The van der Waals surface area contributed by atoms with Crippen LogP contribution in [0.2, 0.25) is 0 Å². The van der Waals surface area contributed by atoms with Gasteiger partial charge in [-0.15, -0.1) is 5.10 Å². The SMILES string of the molecule is CCc1c(C=O)nnn1-c1ccc(Oc2ccccc2)cc1. The van der Waals surface area contributed by atoms with Gasteiger partial charge in [0.25, 0.3) is 0 Å². The van der Waals surface area contributed by atoms with E-state index in [4.69, 9.17) is 4.74 Å². The van der Waals surface area contributed by atoms with Crippen molar-refractivity contribution in [2.45, 2.75) is 13.3 Å². The standard InChI is InChI=1S/C17H15N3O2/c1-2-17-16(12-21)18-19-20(17)13-8-10-15(11-9-13)22-14-6-4-3-5-7-14/h3-12H,2H2,1H3. The van der Waals surface area contributed by atoms with Gasteiger partial charge in [0.2, 0.25) is 0 Å². The van der Waals surface area contributed by atoms with E-state index in [9.17, 15) is 4.79 Å². The first-order chi connectivity index (χ1) is 10.8. The molecule has 1 heterocycles. The molecule has 0 aliphatic rings. The molecule has 0 unspecified atom stereocenters. The number of carbonyl (C=O) groups excluding carboxylic acids is 1. The number of hydrogen-bond donors (Lipinski definition) is 0. The molecule has 0 aliphatic carbocycles. The highest BCUT2D eigenvalue weighted by molar-refractivity contribution is 5.73. The Bertz CT molecular complexity index is 764. The van der Waals surface area contributed by atoms with Gasteiger partial charge in [0.05, 0.1) is 11.4 Å². The first kappa shape index (κ1) is 14.0. The van der Waals surface area contributed by atoms with Gasteiger partial charge in [-0.1, -0.05) is 30.3 Å². The second-order valence-electron chi connectivity index (χ2n) is 4.71. The first-order valence-corrected chi connectivity index (χ1v) is 7.05. The molecule has 2 aromatic carbocycles. The number of rotatable bonds is 5. The fraction of sp³-hybridized carbons (Fsp3) is 0.118. The average molecular weight is 293 g/mol. The Labute approximate surface area is 128 Å². The van der Waals surface area contributed by atoms with Crippen LogP contribution in [0, 0.1) is 0 Å². The zero-order valence-corrected chi connectivity index (χ0v) is 12.1. The third-order valence-corrected chi connectivity index (χ3v) is 3.30.